The molecule has 1 aliphatic rings. The van der Waals surface area contributed by atoms with E-state index < -0.39 is 0 Å². The van der Waals surface area contributed by atoms with E-state index >= 15 is 0 Å². The summed E-state index contributed by atoms with van der Waals surface area (Å²) in [6, 6.07) is 0. The summed E-state index contributed by atoms with van der Waals surface area (Å²) in [4.78, 5) is 14.6. The van der Waals surface area contributed by atoms with Gasteiger partial charge in [-0.15, -0.1) is 0 Å². The van der Waals surface area contributed by atoms with Crippen molar-refractivity contribution < 1.29 is 0 Å². The minimum atomic E-state index is 0.840. The maximum atomic E-state index is 4.21. The van der Waals surface area contributed by atoms with Crippen LogP contribution in [0.1, 0.15) is 38.5 Å². The van der Waals surface area contributed by atoms with Gasteiger partial charge in [0, 0.05) is 13.1 Å². The summed E-state index contributed by atoms with van der Waals surface area (Å²) in [6.07, 6.45) is 11.1. The van der Waals surface area contributed by atoms with Gasteiger partial charge in [-0.05, 0) is 12.8 Å². The van der Waals surface area contributed by atoms with Crippen LogP contribution in [0.25, 0.3) is 0 Å². The van der Waals surface area contributed by atoms with Gasteiger partial charge >= 0.3 is 0 Å². The topological polar surface area (TPSA) is 41.9 Å². The Morgan fingerprint density at radius 1 is 0.800 bits per heavy atom. The molecule has 0 N–H and O–H groups in total. The summed E-state index contributed by atoms with van der Waals surface area (Å²) in [5.41, 5.74) is 0. The molecule has 4 heteroatoms. The molecule has 0 saturated carbocycles. The summed E-state index contributed by atoms with van der Waals surface area (Å²) >= 11 is 0. The van der Waals surface area contributed by atoms with Crippen molar-refractivity contribution in [2.75, 3.05) is 18.0 Å². The molecule has 82 valence electrons. The number of hydrogen-bond acceptors (Lipinski definition) is 4. The van der Waals surface area contributed by atoms with Gasteiger partial charge in [0.1, 0.15) is 12.7 Å². The zero-order chi connectivity index (χ0) is 10.3. The third kappa shape index (κ3) is 3.15. The largest absolute Gasteiger partial charge is 0.341 e. The summed E-state index contributed by atoms with van der Waals surface area (Å²) in [5, 5.41) is 0. The lowest BCUT2D eigenvalue weighted by molar-refractivity contribution is 0.636. The first-order chi connectivity index (χ1) is 7.47. The third-order valence-electron chi connectivity index (χ3n) is 2.87. The highest BCUT2D eigenvalue weighted by Gasteiger charge is 2.09. The Morgan fingerprint density at radius 3 is 1.93 bits per heavy atom. The minimum Gasteiger partial charge on any atom is -0.341 e. The molecule has 0 unspecified atom stereocenters. The van der Waals surface area contributed by atoms with Gasteiger partial charge in [0.25, 0.3) is 0 Å². The molecule has 2 rings (SSSR count). The van der Waals surface area contributed by atoms with Crippen LogP contribution in [0.5, 0.6) is 0 Å². The fraction of sp³-hybridized carbons (Fsp3) is 0.727. The van der Waals surface area contributed by atoms with Crippen molar-refractivity contribution in [3.05, 3.63) is 12.7 Å². The van der Waals surface area contributed by atoms with E-state index in [4.69, 9.17) is 0 Å². The second kappa shape index (κ2) is 5.63. The van der Waals surface area contributed by atoms with Crippen LogP contribution < -0.4 is 4.90 Å². The smallest absolute Gasteiger partial charge is 0.228 e. The van der Waals surface area contributed by atoms with Gasteiger partial charge in [-0.25, -0.2) is 15.0 Å². The van der Waals surface area contributed by atoms with Crippen molar-refractivity contribution in [2.24, 2.45) is 0 Å². The highest BCUT2D eigenvalue weighted by Crippen LogP contribution is 2.14. The first kappa shape index (κ1) is 10.3. The monoisotopic (exact) mass is 206 g/mol. The summed E-state index contributed by atoms with van der Waals surface area (Å²) in [6.45, 7) is 2.17. The molecule has 0 atom stereocenters. The van der Waals surface area contributed by atoms with Gasteiger partial charge in [0.15, 0.2) is 0 Å². The van der Waals surface area contributed by atoms with Gasteiger partial charge in [-0.2, -0.15) is 0 Å². The summed E-state index contributed by atoms with van der Waals surface area (Å²) < 4.78 is 0. The molecular weight excluding hydrogens is 188 g/mol. The molecule has 0 aromatic carbocycles. The first-order valence-electron chi connectivity index (χ1n) is 5.84. The van der Waals surface area contributed by atoms with Crippen molar-refractivity contribution in [3.8, 4) is 0 Å². The number of aromatic nitrogens is 3. The van der Waals surface area contributed by atoms with Gasteiger partial charge in [0.2, 0.25) is 5.95 Å². The Balaban J connectivity index is 1.99. The molecule has 0 bridgehead atoms. The van der Waals surface area contributed by atoms with Crippen LogP contribution in [0.15, 0.2) is 12.7 Å². The number of hydrogen-bond donors (Lipinski definition) is 0. The van der Waals surface area contributed by atoms with E-state index in [1.807, 2.05) is 0 Å². The Hall–Kier alpha value is -1.19. The van der Waals surface area contributed by atoms with E-state index in [9.17, 15) is 0 Å². The fourth-order valence-electron chi connectivity index (χ4n) is 2.02. The van der Waals surface area contributed by atoms with Crippen molar-refractivity contribution in [2.45, 2.75) is 38.5 Å². The maximum Gasteiger partial charge on any atom is 0.228 e. The SMILES string of the molecule is c1ncnc(N2CCCCCCCC2)n1. The van der Waals surface area contributed by atoms with Crippen molar-refractivity contribution in [3.63, 3.8) is 0 Å². The molecule has 0 radical (unpaired) electrons. The van der Waals surface area contributed by atoms with E-state index in [1.165, 1.54) is 38.5 Å². The molecule has 1 fully saturated rings. The Bertz CT molecular complexity index is 265. The van der Waals surface area contributed by atoms with E-state index in [0.29, 0.717) is 0 Å². The van der Waals surface area contributed by atoms with Crippen molar-refractivity contribution >= 4 is 5.95 Å². The zero-order valence-electron chi connectivity index (χ0n) is 9.10. The van der Waals surface area contributed by atoms with Crippen molar-refractivity contribution in [1.82, 2.24) is 15.0 Å². The number of nitrogens with zero attached hydrogens (tertiary/aromatic N) is 4. The van der Waals surface area contributed by atoms with Gasteiger partial charge in [0.05, 0.1) is 0 Å². The van der Waals surface area contributed by atoms with Crippen LogP contribution in [-0.4, -0.2) is 28.0 Å². The zero-order valence-corrected chi connectivity index (χ0v) is 9.10. The molecule has 0 amide bonds. The van der Waals surface area contributed by atoms with Crippen LogP contribution in [0.3, 0.4) is 0 Å². The third-order valence-corrected chi connectivity index (χ3v) is 2.87. The lowest BCUT2D eigenvalue weighted by Crippen LogP contribution is -2.27. The maximum absolute atomic E-state index is 4.21. The Morgan fingerprint density at radius 2 is 1.33 bits per heavy atom. The van der Waals surface area contributed by atoms with E-state index in [0.717, 1.165) is 19.0 Å². The number of anilines is 1. The normalized spacial score (nSPS) is 19.1. The lowest BCUT2D eigenvalue weighted by atomic mass is 10.1. The second-order valence-electron chi connectivity index (χ2n) is 4.05. The second-order valence-corrected chi connectivity index (χ2v) is 4.05. The van der Waals surface area contributed by atoms with Crippen LogP contribution in [-0.2, 0) is 0 Å². The first-order valence-corrected chi connectivity index (χ1v) is 5.84. The molecular formula is C11H18N4. The molecule has 1 saturated heterocycles. The molecule has 2 heterocycles. The lowest BCUT2D eigenvalue weighted by Gasteiger charge is -2.20. The van der Waals surface area contributed by atoms with Crippen LogP contribution in [0.2, 0.25) is 0 Å². The molecule has 1 aliphatic heterocycles. The highest BCUT2D eigenvalue weighted by molar-refractivity contribution is 5.26. The average molecular weight is 206 g/mol. The van der Waals surface area contributed by atoms with Crippen LogP contribution in [0, 0.1) is 0 Å². The van der Waals surface area contributed by atoms with Gasteiger partial charge in [-0.1, -0.05) is 25.7 Å². The molecule has 0 spiro atoms. The van der Waals surface area contributed by atoms with Crippen molar-refractivity contribution in [1.29, 1.82) is 0 Å². The van der Waals surface area contributed by atoms with E-state index in [1.54, 1.807) is 12.7 Å². The van der Waals surface area contributed by atoms with E-state index in [-0.39, 0.29) is 0 Å². The van der Waals surface area contributed by atoms with Crippen LogP contribution >= 0.6 is 0 Å². The number of rotatable bonds is 1. The summed E-state index contributed by atoms with van der Waals surface area (Å²) in [7, 11) is 0. The predicted octanol–water partition coefficient (Wildman–Crippen LogP) is 2.03. The molecule has 15 heavy (non-hydrogen) atoms. The van der Waals surface area contributed by atoms with Crippen LogP contribution in [0.4, 0.5) is 5.95 Å². The van der Waals surface area contributed by atoms with Gasteiger partial charge in [-0.3, -0.25) is 0 Å². The summed E-state index contributed by atoms with van der Waals surface area (Å²) in [5.74, 6) is 0.840. The van der Waals surface area contributed by atoms with E-state index in [2.05, 4.69) is 19.9 Å². The Labute approximate surface area is 90.8 Å². The highest BCUT2D eigenvalue weighted by atomic mass is 15.3. The standard InChI is InChI=1S/C11H18N4/c1-2-4-6-8-15(7-5-3-1)11-13-9-12-10-14-11/h9-10H,1-8H2. The van der Waals surface area contributed by atoms with Gasteiger partial charge < -0.3 is 4.90 Å². The average Bonchev–Trinajstić information content (AvgIpc) is 2.43. The minimum absolute atomic E-state index is 0.840. The predicted molar refractivity (Wildman–Crippen MR) is 59.7 cm³/mol. The quantitative estimate of drug-likeness (QED) is 0.705. The molecule has 0 aliphatic carbocycles. The molecule has 1 aromatic heterocycles. The molecule has 1 aromatic rings. The Kier molecular flexibility index (Phi) is 3.88. The molecule has 4 nitrogen and oxygen atoms in total. The fourth-order valence-corrected chi connectivity index (χ4v) is 2.02.